The topological polar surface area (TPSA) is 112 Å². The Bertz CT molecular complexity index is 771. The highest BCUT2D eigenvalue weighted by molar-refractivity contribution is 6.08. The van der Waals surface area contributed by atoms with Crippen LogP contribution in [-0.4, -0.2) is 26.4 Å². The minimum absolute atomic E-state index is 0. The lowest BCUT2D eigenvalue weighted by atomic mass is 10.0. The van der Waals surface area contributed by atoms with Crippen LogP contribution >= 0.6 is 24.8 Å². The molecule has 1 aromatic carbocycles. The predicted octanol–water partition coefficient (Wildman–Crippen LogP) is 2.37. The fourth-order valence-corrected chi connectivity index (χ4v) is 2.72. The molecule has 7 nitrogen and oxygen atoms in total. The molecule has 1 aromatic heterocycles. The van der Waals surface area contributed by atoms with Gasteiger partial charge in [0.05, 0.1) is 17.6 Å². The van der Waals surface area contributed by atoms with Crippen molar-refractivity contribution in [3.05, 3.63) is 46.8 Å². The summed E-state index contributed by atoms with van der Waals surface area (Å²) in [6, 6.07) is 5.65. The van der Waals surface area contributed by atoms with Gasteiger partial charge in [-0.3, -0.25) is 16.1 Å². The number of nitrogens with zero attached hydrogens (tertiary/aromatic N) is 3. The SMILES string of the molecule is CCc1cn(/N=C2\CCc3c(C(=N)NO)cccc32)c(N)n1.Cl.Cl. The van der Waals surface area contributed by atoms with E-state index in [0.29, 0.717) is 11.5 Å². The number of anilines is 1. The molecule has 1 aliphatic rings. The van der Waals surface area contributed by atoms with Crippen LogP contribution in [0.15, 0.2) is 29.5 Å². The van der Waals surface area contributed by atoms with Crippen LogP contribution in [0.1, 0.15) is 35.7 Å². The molecule has 24 heavy (non-hydrogen) atoms. The summed E-state index contributed by atoms with van der Waals surface area (Å²) in [6.07, 6.45) is 4.19. The summed E-state index contributed by atoms with van der Waals surface area (Å²) in [4.78, 5) is 4.24. The second-order valence-corrected chi connectivity index (χ2v) is 5.15. The zero-order chi connectivity index (χ0) is 15.7. The van der Waals surface area contributed by atoms with Crippen molar-refractivity contribution < 1.29 is 5.21 Å². The molecule has 9 heteroatoms. The van der Waals surface area contributed by atoms with E-state index in [0.717, 1.165) is 41.8 Å². The van der Waals surface area contributed by atoms with E-state index in [1.807, 2.05) is 36.8 Å². The molecule has 0 amide bonds. The lowest BCUT2D eigenvalue weighted by Gasteiger charge is -2.08. The number of nitrogen functional groups attached to an aromatic ring is 1. The van der Waals surface area contributed by atoms with Gasteiger partial charge < -0.3 is 5.73 Å². The summed E-state index contributed by atoms with van der Waals surface area (Å²) in [7, 11) is 0. The maximum absolute atomic E-state index is 8.95. The number of hydroxylamine groups is 1. The fraction of sp³-hybridized carbons (Fsp3) is 0.267. The Kier molecular flexibility index (Phi) is 6.77. The number of aryl methyl sites for hydroxylation is 1. The molecule has 0 aliphatic heterocycles. The first-order chi connectivity index (χ1) is 10.6. The molecule has 0 saturated carbocycles. The standard InChI is InChI=1S/C15H18N6O.2ClH/c1-2-9-8-21(15(17)18-9)19-13-7-6-10-11(13)4-3-5-12(10)14(16)20-22;;/h3-5,8,22H,2,6-7H2,1H3,(H2,16,20)(H2,17,18);2*1H/b19-13+;;. The number of hydrogen-bond acceptors (Lipinski definition) is 5. The van der Waals surface area contributed by atoms with E-state index in [9.17, 15) is 0 Å². The normalized spacial score (nSPS) is 13.8. The van der Waals surface area contributed by atoms with Gasteiger partial charge in [-0.1, -0.05) is 25.1 Å². The van der Waals surface area contributed by atoms with Crippen LogP contribution in [0.2, 0.25) is 0 Å². The van der Waals surface area contributed by atoms with Crippen molar-refractivity contribution in [1.29, 1.82) is 5.41 Å². The van der Waals surface area contributed by atoms with Crippen LogP contribution in [0, 0.1) is 5.41 Å². The predicted molar refractivity (Wildman–Crippen MR) is 99.0 cm³/mol. The average Bonchev–Trinajstić information content (AvgIpc) is 3.11. The number of fused-ring (bicyclic) bond motifs is 1. The number of imidazole rings is 1. The molecule has 0 atom stereocenters. The number of halogens is 2. The maximum Gasteiger partial charge on any atom is 0.221 e. The Labute approximate surface area is 152 Å². The zero-order valence-electron chi connectivity index (χ0n) is 13.1. The van der Waals surface area contributed by atoms with E-state index in [2.05, 4.69) is 10.1 Å². The first-order valence-corrected chi connectivity index (χ1v) is 7.17. The molecule has 0 spiro atoms. The van der Waals surface area contributed by atoms with Gasteiger partial charge in [0, 0.05) is 11.1 Å². The van der Waals surface area contributed by atoms with Gasteiger partial charge in [0.1, 0.15) is 5.84 Å². The second-order valence-electron chi connectivity index (χ2n) is 5.15. The molecule has 3 rings (SSSR count). The molecule has 0 unspecified atom stereocenters. The number of amidine groups is 1. The molecule has 0 radical (unpaired) electrons. The lowest BCUT2D eigenvalue weighted by Crippen LogP contribution is -2.20. The minimum Gasteiger partial charge on any atom is -0.368 e. The average molecular weight is 371 g/mol. The van der Waals surface area contributed by atoms with E-state index in [4.69, 9.17) is 16.4 Å². The summed E-state index contributed by atoms with van der Waals surface area (Å²) >= 11 is 0. The molecular weight excluding hydrogens is 351 g/mol. The van der Waals surface area contributed by atoms with Crippen molar-refractivity contribution >= 4 is 42.3 Å². The van der Waals surface area contributed by atoms with E-state index >= 15 is 0 Å². The van der Waals surface area contributed by atoms with Crippen molar-refractivity contribution in [2.45, 2.75) is 26.2 Å². The second kappa shape index (κ2) is 8.14. The Hall–Kier alpha value is -2.09. The quantitative estimate of drug-likeness (QED) is 0.377. The number of rotatable bonds is 3. The fourth-order valence-electron chi connectivity index (χ4n) is 2.72. The molecule has 0 bridgehead atoms. The molecule has 0 fully saturated rings. The highest BCUT2D eigenvalue weighted by atomic mass is 35.5. The number of nitrogens with one attached hydrogen (secondary N) is 2. The molecule has 1 heterocycles. The Morgan fingerprint density at radius 1 is 1.42 bits per heavy atom. The lowest BCUT2D eigenvalue weighted by molar-refractivity contribution is 0.234. The molecule has 5 N–H and O–H groups in total. The van der Waals surface area contributed by atoms with Gasteiger partial charge in [-0.05, 0) is 24.8 Å². The summed E-state index contributed by atoms with van der Waals surface area (Å²) in [5.74, 6) is 0.368. The van der Waals surface area contributed by atoms with Crippen LogP contribution in [0.3, 0.4) is 0 Å². The van der Waals surface area contributed by atoms with Crippen molar-refractivity contribution in [3.8, 4) is 0 Å². The summed E-state index contributed by atoms with van der Waals surface area (Å²) in [5.41, 5.74) is 12.3. The van der Waals surface area contributed by atoms with Crippen molar-refractivity contribution in [1.82, 2.24) is 15.1 Å². The molecule has 1 aliphatic carbocycles. The van der Waals surface area contributed by atoms with Crippen molar-refractivity contribution in [3.63, 3.8) is 0 Å². The molecule has 2 aromatic rings. The first kappa shape index (κ1) is 20.0. The van der Waals surface area contributed by atoms with Crippen LogP contribution < -0.4 is 11.2 Å². The highest BCUT2D eigenvalue weighted by Crippen LogP contribution is 2.26. The van der Waals surface area contributed by atoms with Gasteiger partial charge in [0.25, 0.3) is 0 Å². The van der Waals surface area contributed by atoms with E-state index < -0.39 is 0 Å². The van der Waals surface area contributed by atoms with Crippen LogP contribution in [0.25, 0.3) is 0 Å². The zero-order valence-corrected chi connectivity index (χ0v) is 14.7. The van der Waals surface area contributed by atoms with Gasteiger partial charge in [-0.2, -0.15) is 5.10 Å². The molecule has 130 valence electrons. The number of benzene rings is 1. The smallest absolute Gasteiger partial charge is 0.221 e. The van der Waals surface area contributed by atoms with Gasteiger partial charge in [0.2, 0.25) is 5.95 Å². The van der Waals surface area contributed by atoms with Gasteiger partial charge in [-0.25, -0.2) is 9.66 Å². The minimum atomic E-state index is -0.00601. The first-order valence-electron chi connectivity index (χ1n) is 7.17. The Balaban J connectivity index is 0.00000144. The maximum atomic E-state index is 8.95. The third kappa shape index (κ3) is 3.53. The van der Waals surface area contributed by atoms with Gasteiger partial charge in [0.15, 0.2) is 0 Å². The molecular formula is C15H20Cl2N6O. The van der Waals surface area contributed by atoms with E-state index in [1.54, 1.807) is 4.68 Å². The van der Waals surface area contributed by atoms with Crippen LogP contribution in [0.4, 0.5) is 5.95 Å². The van der Waals surface area contributed by atoms with E-state index in [-0.39, 0.29) is 30.6 Å². The summed E-state index contributed by atoms with van der Waals surface area (Å²) in [6.45, 7) is 2.02. The Morgan fingerprint density at radius 2 is 2.17 bits per heavy atom. The third-order valence-corrected chi connectivity index (χ3v) is 3.83. The third-order valence-electron chi connectivity index (χ3n) is 3.83. The van der Waals surface area contributed by atoms with Crippen molar-refractivity contribution in [2.24, 2.45) is 5.10 Å². The number of aromatic nitrogens is 2. The number of hydrogen-bond donors (Lipinski definition) is 4. The summed E-state index contributed by atoms with van der Waals surface area (Å²) in [5, 5.41) is 21.3. The highest BCUT2D eigenvalue weighted by Gasteiger charge is 2.22. The monoisotopic (exact) mass is 370 g/mol. The van der Waals surface area contributed by atoms with Crippen LogP contribution in [0.5, 0.6) is 0 Å². The molecule has 0 saturated heterocycles. The summed E-state index contributed by atoms with van der Waals surface area (Å²) < 4.78 is 1.60. The largest absolute Gasteiger partial charge is 0.368 e. The van der Waals surface area contributed by atoms with Crippen molar-refractivity contribution in [2.75, 3.05) is 5.73 Å². The van der Waals surface area contributed by atoms with Crippen LogP contribution in [-0.2, 0) is 12.8 Å². The Morgan fingerprint density at radius 3 is 2.79 bits per heavy atom. The van der Waals surface area contributed by atoms with E-state index in [1.165, 1.54) is 0 Å². The van der Waals surface area contributed by atoms with Gasteiger partial charge >= 0.3 is 0 Å². The number of nitrogens with two attached hydrogens (primary N) is 1. The van der Waals surface area contributed by atoms with Gasteiger partial charge in [-0.15, -0.1) is 24.8 Å².